The first-order valence-electron chi connectivity index (χ1n) is 11.3. The molecule has 0 fully saturated rings. The van der Waals surface area contributed by atoms with Crippen LogP contribution >= 0.6 is 11.3 Å². The summed E-state index contributed by atoms with van der Waals surface area (Å²) in [5, 5.41) is 8.26. The lowest BCUT2D eigenvalue weighted by molar-refractivity contribution is -0.116. The van der Waals surface area contributed by atoms with E-state index in [2.05, 4.69) is 15.4 Å². The molecule has 33 heavy (non-hydrogen) atoms. The molecule has 3 heterocycles. The molecule has 1 aliphatic rings. The first-order chi connectivity index (χ1) is 15.9. The third-order valence-corrected chi connectivity index (χ3v) is 7.54. The predicted molar refractivity (Wildman–Crippen MR) is 132 cm³/mol. The number of carbonyl (C=O) groups excluding carboxylic acids is 1. The third-order valence-electron chi connectivity index (χ3n) is 6.34. The van der Waals surface area contributed by atoms with Gasteiger partial charge in [-0.15, -0.1) is 11.3 Å². The fourth-order valence-corrected chi connectivity index (χ4v) is 5.78. The van der Waals surface area contributed by atoms with Gasteiger partial charge in [0.2, 0.25) is 5.91 Å². The van der Waals surface area contributed by atoms with E-state index < -0.39 is 0 Å². The van der Waals surface area contributed by atoms with Crippen molar-refractivity contribution in [2.75, 3.05) is 5.32 Å². The minimum atomic E-state index is -0.269. The van der Waals surface area contributed by atoms with Gasteiger partial charge in [-0.1, -0.05) is 24.1 Å². The zero-order valence-corrected chi connectivity index (χ0v) is 20.0. The van der Waals surface area contributed by atoms with Crippen LogP contribution in [0.2, 0.25) is 0 Å². The van der Waals surface area contributed by atoms with E-state index in [4.69, 9.17) is 0 Å². The number of aryl methyl sites for hydroxylation is 4. The molecule has 0 unspecified atom stereocenters. The van der Waals surface area contributed by atoms with Crippen molar-refractivity contribution >= 4 is 33.1 Å². The van der Waals surface area contributed by atoms with Gasteiger partial charge in [0.1, 0.15) is 11.4 Å². The Hall–Kier alpha value is -3.26. The molecule has 170 valence electrons. The molecule has 0 aliphatic heterocycles. The summed E-state index contributed by atoms with van der Waals surface area (Å²) in [4.78, 5) is 32.7. The van der Waals surface area contributed by atoms with Gasteiger partial charge in [-0.3, -0.25) is 14.2 Å². The fourth-order valence-electron chi connectivity index (χ4n) is 4.57. The van der Waals surface area contributed by atoms with E-state index >= 15 is 0 Å². The zero-order valence-electron chi connectivity index (χ0n) is 19.1. The normalized spacial score (nSPS) is 13.7. The summed E-state index contributed by atoms with van der Waals surface area (Å²) in [5.74, 6) is -0.269. The van der Waals surface area contributed by atoms with Crippen LogP contribution in [0.25, 0.3) is 15.9 Å². The predicted octanol–water partition coefficient (Wildman–Crippen LogP) is 4.48. The molecule has 0 radical (unpaired) electrons. The monoisotopic (exact) mass is 461 g/mol. The lowest BCUT2D eigenvalue weighted by Gasteiger charge is -2.09. The van der Waals surface area contributed by atoms with Gasteiger partial charge in [0.25, 0.3) is 5.56 Å². The number of nitrogens with zero attached hydrogens (tertiary/aromatic N) is 4. The summed E-state index contributed by atoms with van der Waals surface area (Å²) in [6.07, 6.45) is 6.87. The number of thiophene rings is 1. The van der Waals surface area contributed by atoms with Crippen molar-refractivity contribution in [2.24, 2.45) is 0 Å². The minimum Gasteiger partial charge on any atom is -0.321 e. The van der Waals surface area contributed by atoms with Crippen molar-refractivity contribution in [3.8, 4) is 5.69 Å². The summed E-state index contributed by atoms with van der Waals surface area (Å²) >= 11 is 1.63. The number of hydrogen-bond acceptors (Lipinski definition) is 5. The number of benzene rings is 1. The Morgan fingerprint density at radius 3 is 2.64 bits per heavy atom. The maximum atomic E-state index is 13.2. The van der Waals surface area contributed by atoms with Crippen molar-refractivity contribution in [3.63, 3.8) is 0 Å². The topological polar surface area (TPSA) is 81.8 Å². The van der Waals surface area contributed by atoms with Gasteiger partial charge in [0.05, 0.1) is 34.5 Å². The quantitative estimate of drug-likeness (QED) is 0.455. The van der Waals surface area contributed by atoms with Crippen LogP contribution in [0.4, 0.5) is 5.69 Å². The van der Waals surface area contributed by atoms with Gasteiger partial charge < -0.3 is 5.32 Å². The molecule has 4 aromatic rings. The van der Waals surface area contributed by atoms with Crippen LogP contribution in [0.5, 0.6) is 0 Å². The van der Waals surface area contributed by atoms with Gasteiger partial charge in [0.15, 0.2) is 0 Å². The summed E-state index contributed by atoms with van der Waals surface area (Å²) in [6.45, 7) is 5.75. The molecule has 7 nitrogen and oxygen atoms in total. The molecule has 0 atom stereocenters. The molecule has 0 saturated heterocycles. The fraction of sp³-hybridized carbons (Fsp3) is 0.360. The zero-order chi connectivity index (χ0) is 23.1. The van der Waals surface area contributed by atoms with E-state index in [1.807, 2.05) is 49.7 Å². The molecule has 1 aliphatic carbocycles. The molecule has 3 aromatic heterocycles. The second-order valence-electron chi connectivity index (χ2n) is 8.76. The Balaban J connectivity index is 1.41. The molecule has 0 saturated carbocycles. The van der Waals surface area contributed by atoms with Crippen LogP contribution in [-0.4, -0.2) is 25.2 Å². The van der Waals surface area contributed by atoms with Crippen molar-refractivity contribution in [2.45, 2.75) is 59.4 Å². The van der Waals surface area contributed by atoms with Crippen molar-refractivity contribution in [3.05, 3.63) is 68.3 Å². The van der Waals surface area contributed by atoms with E-state index in [1.165, 1.54) is 27.8 Å². The number of anilines is 1. The highest BCUT2D eigenvalue weighted by atomic mass is 32.1. The van der Waals surface area contributed by atoms with Gasteiger partial charge >= 0.3 is 0 Å². The van der Waals surface area contributed by atoms with E-state index in [1.54, 1.807) is 11.3 Å². The van der Waals surface area contributed by atoms with Crippen LogP contribution in [0.15, 0.2) is 35.4 Å². The molecular formula is C25H27N5O2S. The Kier molecular flexibility index (Phi) is 5.62. The number of rotatable bonds is 4. The van der Waals surface area contributed by atoms with E-state index in [0.717, 1.165) is 53.2 Å². The minimum absolute atomic E-state index is 0.0824. The highest BCUT2D eigenvalue weighted by molar-refractivity contribution is 7.18. The maximum Gasteiger partial charge on any atom is 0.262 e. The van der Waals surface area contributed by atoms with Crippen molar-refractivity contribution < 1.29 is 4.79 Å². The number of aromatic nitrogens is 4. The van der Waals surface area contributed by atoms with Gasteiger partial charge in [0, 0.05) is 4.88 Å². The third kappa shape index (κ3) is 3.99. The molecule has 8 heteroatoms. The Labute approximate surface area is 196 Å². The number of carbonyl (C=O) groups is 1. The van der Waals surface area contributed by atoms with Gasteiger partial charge in [-0.2, -0.15) is 5.10 Å². The molecule has 0 bridgehead atoms. The van der Waals surface area contributed by atoms with Crippen LogP contribution in [0, 0.1) is 20.8 Å². The van der Waals surface area contributed by atoms with Crippen LogP contribution in [0.1, 0.15) is 46.7 Å². The summed E-state index contributed by atoms with van der Waals surface area (Å²) < 4.78 is 3.25. The molecule has 1 aromatic carbocycles. The van der Waals surface area contributed by atoms with E-state index in [-0.39, 0.29) is 18.0 Å². The number of nitrogens with one attached hydrogen (secondary N) is 1. The average Bonchev–Trinajstić information content (AvgIpc) is 3.17. The van der Waals surface area contributed by atoms with Crippen molar-refractivity contribution in [1.29, 1.82) is 0 Å². The summed E-state index contributed by atoms with van der Waals surface area (Å²) in [5.41, 5.74) is 5.37. The molecule has 1 N–H and O–H groups in total. The van der Waals surface area contributed by atoms with Crippen molar-refractivity contribution in [1.82, 2.24) is 19.3 Å². The summed E-state index contributed by atoms with van der Waals surface area (Å²) in [6, 6.07) is 8.07. The first-order valence-corrected chi connectivity index (χ1v) is 12.2. The van der Waals surface area contributed by atoms with Gasteiger partial charge in [-0.25, -0.2) is 9.67 Å². The van der Waals surface area contributed by atoms with Crippen LogP contribution in [0.3, 0.4) is 0 Å². The largest absolute Gasteiger partial charge is 0.321 e. The van der Waals surface area contributed by atoms with Crippen LogP contribution in [-0.2, 0) is 24.2 Å². The van der Waals surface area contributed by atoms with Gasteiger partial charge in [-0.05, 0) is 64.2 Å². The molecular weight excluding hydrogens is 434 g/mol. The SMILES string of the molecule is Cc1ccc(-n2nc(C)c(NC(=O)Cn3cnc4sc5c(c4c3=O)CCCCC5)c2C)cc1. The molecule has 1 amide bonds. The second kappa shape index (κ2) is 8.59. The Morgan fingerprint density at radius 1 is 1.09 bits per heavy atom. The summed E-state index contributed by atoms with van der Waals surface area (Å²) in [7, 11) is 0. The smallest absolute Gasteiger partial charge is 0.262 e. The lowest BCUT2D eigenvalue weighted by atomic mass is 10.1. The highest BCUT2D eigenvalue weighted by Gasteiger charge is 2.20. The van der Waals surface area contributed by atoms with E-state index in [9.17, 15) is 9.59 Å². The highest BCUT2D eigenvalue weighted by Crippen LogP contribution is 2.32. The van der Waals surface area contributed by atoms with E-state index in [0.29, 0.717) is 11.1 Å². The maximum absolute atomic E-state index is 13.2. The molecule has 0 spiro atoms. The molecule has 5 rings (SSSR count). The van der Waals surface area contributed by atoms with Crippen LogP contribution < -0.4 is 10.9 Å². The Bertz CT molecular complexity index is 1410. The Morgan fingerprint density at radius 2 is 1.85 bits per heavy atom. The average molecular weight is 462 g/mol. The number of fused-ring (bicyclic) bond motifs is 3. The second-order valence-corrected chi connectivity index (χ2v) is 9.85. The standard InChI is InChI=1S/C25H27N5O2S/c1-15-9-11-18(12-10-15)30-17(3)23(16(2)28-30)27-21(31)13-29-14-26-24-22(25(29)32)19-7-5-4-6-8-20(19)33-24/h9-12,14H,4-8,13H2,1-3H3,(H,27,31). The lowest BCUT2D eigenvalue weighted by Crippen LogP contribution is -2.28. The number of amides is 1. The number of hydrogen-bond donors (Lipinski definition) is 1. The first kappa shape index (κ1) is 21.6.